The number of imide groups is 1. The van der Waals surface area contributed by atoms with E-state index in [0.717, 1.165) is 12.8 Å². The molecule has 0 spiro atoms. The molecule has 3 amide bonds. The number of carbonyl (C=O) groups is 3. The molecule has 1 saturated heterocycles. The van der Waals surface area contributed by atoms with Crippen molar-refractivity contribution in [2.75, 3.05) is 18.5 Å². The van der Waals surface area contributed by atoms with E-state index in [1.54, 1.807) is 0 Å². The van der Waals surface area contributed by atoms with Gasteiger partial charge in [0.25, 0.3) is 23.4 Å². The van der Waals surface area contributed by atoms with Crippen molar-refractivity contribution in [3.63, 3.8) is 0 Å². The summed E-state index contributed by atoms with van der Waals surface area (Å²) in [4.78, 5) is 49.1. The van der Waals surface area contributed by atoms with Crippen LogP contribution in [0.2, 0.25) is 0 Å². The van der Waals surface area contributed by atoms with Gasteiger partial charge in [0.15, 0.2) is 0 Å². The number of ether oxygens (including phenoxy) is 1. The molecule has 2 aliphatic rings. The fraction of sp³-hybridized carbons (Fsp3) is 0.250. The number of non-ortho nitro benzene ring substituents is 1. The van der Waals surface area contributed by atoms with E-state index in [1.807, 2.05) is 0 Å². The molecule has 0 radical (unpaired) electrons. The first-order chi connectivity index (χ1) is 13.9. The smallest absolute Gasteiger partial charge is 0.269 e. The minimum Gasteiger partial charge on any atom is -0.376 e. The maximum atomic E-state index is 12.7. The third-order valence-corrected chi connectivity index (χ3v) is 4.98. The fourth-order valence-corrected chi connectivity index (χ4v) is 3.46. The van der Waals surface area contributed by atoms with Gasteiger partial charge in [-0.3, -0.25) is 29.4 Å². The molecule has 2 aliphatic heterocycles. The Kier molecular flexibility index (Phi) is 4.81. The molecule has 1 N–H and O–H groups in total. The number of fused-ring (bicyclic) bond motifs is 1. The highest BCUT2D eigenvalue weighted by Crippen LogP contribution is 2.26. The van der Waals surface area contributed by atoms with E-state index in [-0.39, 0.29) is 40.9 Å². The third-order valence-electron chi connectivity index (χ3n) is 4.98. The summed E-state index contributed by atoms with van der Waals surface area (Å²) in [5.41, 5.74) is 0.950. The number of nitrogens with zero attached hydrogens (tertiary/aromatic N) is 2. The van der Waals surface area contributed by atoms with Crippen LogP contribution < -0.4 is 5.32 Å². The van der Waals surface area contributed by atoms with E-state index >= 15 is 0 Å². The lowest BCUT2D eigenvalue weighted by atomic mass is 10.1. The number of anilines is 1. The maximum absolute atomic E-state index is 12.7. The van der Waals surface area contributed by atoms with E-state index in [9.17, 15) is 24.5 Å². The summed E-state index contributed by atoms with van der Waals surface area (Å²) in [7, 11) is 0. The number of amides is 3. The van der Waals surface area contributed by atoms with Crippen LogP contribution >= 0.6 is 0 Å². The molecular weight excluding hydrogens is 378 g/mol. The maximum Gasteiger partial charge on any atom is 0.269 e. The van der Waals surface area contributed by atoms with Crippen molar-refractivity contribution in [1.82, 2.24) is 4.90 Å². The predicted molar refractivity (Wildman–Crippen MR) is 102 cm³/mol. The summed E-state index contributed by atoms with van der Waals surface area (Å²) >= 11 is 0. The van der Waals surface area contributed by atoms with Crippen LogP contribution in [0.15, 0.2) is 42.5 Å². The number of nitro groups is 1. The molecule has 1 unspecified atom stereocenters. The largest absolute Gasteiger partial charge is 0.376 e. The van der Waals surface area contributed by atoms with Crippen LogP contribution in [0.3, 0.4) is 0 Å². The molecule has 29 heavy (non-hydrogen) atoms. The Labute approximate surface area is 165 Å². The summed E-state index contributed by atoms with van der Waals surface area (Å²) in [5, 5.41) is 13.3. The van der Waals surface area contributed by atoms with Gasteiger partial charge in [-0.2, -0.15) is 0 Å². The number of rotatable bonds is 5. The molecule has 0 aromatic heterocycles. The van der Waals surface area contributed by atoms with Crippen molar-refractivity contribution >= 4 is 29.1 Å². The zero-order chi connectivity index (χ0) is 20.5. The SMILES string of the molecule is O=C(Nc1ccc([N+](=O)[O-])cc1)c1ccc2c(c1)C(=O)N(CC1CCCO1)C2=O. The molecule has 2 heterocycles. The average Bonchev–Trinajstić information content (AvgIpc) is 3.31. The lowest BCUT2D eigenvalue weighted by molar-refractivity contribution is -0.384. The van der Waals surface area contributed by atoms with E-state index in [0.29, 0.717) is 12.3 Å². The van der Waals surface area contributed by atoms with Crippen LogP contribution in [0.1, 0.15) is 43.9 Å². The topological polar surface area (TPSA) is 119 Å². The molecule has 2 aromatic rings. The number of nitrogens with one attached hydrogen (secondary N) is 1. The first-order valence-electron chi connectivity index (χ1n) is 9.11. The van der Waals surface area contributed by atoms with Gasteiger partial charge in [-0.15, -0.1) is 0 Å². The molecule has 1 atom stereocenters. The number of nitro benzene ring substituents is 1. The molecule has 4 rings (SSSR count). The fourth-order valence-electron chi connectivity index (χ4n) is 3.46. The second-order valence-corrected chi connectivity index (χ2v) is 6.87. The first kappa shape index (κ1) is 18.8. The molecule has 0 saturated carbocycles. The normalized spacial score (nSPS) is 18.1. The highest BCUT2D eigenvalue weighted by molar-refractivity contribution is 6.22. The highest BCUT2D eigenvalue weighted by atomic mass is 16.6. The van der Waals surface area contributed by atoms with Crippen molar-refractivity contribution in [3.05, 3.63) is 69.3 Å². The van der Waals surface area contributed by atoms with Gasteiger partial charge in [0.1, 0.15) is 0 Å². The van der Waals surface area contributed by atoms with Gasteiger partial charge in [0, 0.05) is 30.0 Å². The Balaban J connectivity index is 1.50. The van der Waals surface area contributed by atoms with Crippen LogP contribution in [-0.2, 0) is 4.74 Å². The Bertz CT molecular complexity index is 1010. The van der Waals surface area contributed by atoms with Crippen LogP contribution in [0, 0.1) is 10.1 Å². The summed E-state index contributed by atoms with van der Waals surface area (Å²) in [5.74, 6) is -1.31. The van der Waals surface area contributed by atoms with Crippen molar-refractivity contribution in [2.45, 2.75) is 18.9 Å². The monoisotopic (exact) mass is 395 g/mol. The summed E-state index contributed by atoms with van der Waals surface area (Å²) in [6, 6.07) is 9.73. The first-order valence-corrected chi connectivity index (χ1v) is 9.11. The third kappa shape index (κ3) is 3.59. The van der Waals surface area contributed by atoms with Crippen molar-refractivity contribution in [2.24, 2.45) is 0 Å². The van der Waals surface area contributed by atoms with Crippen LogP contribution in [0.25, 0.3) is 0 Å². The Morgan fingerprint density at radius 3 is 2.52 bits per heavy atom. The molecule has 1 fully saturated rings. The number of benzene rings is 2. The quantitative estimate of drug-likeness (QED) is 0.472. The minimum atomic E-state index is -0.531. The Hall–Kier alpha value is -3.59. The van der Waals surface area contributed by atoms with E-state index < -0.39 is 16.7 Å². The highest BCUT2D eigenvalue weighted by Gasteiger charge is 2.37. The van der Waals surface area contributed by atoms with E-state index in [4.69, 9.17) is 4.74 Å². The lowest BCUT2D eigenvalue weighted by Crippen LogP contribution is -2.36. The minimum absolute atomic E-state index is 0.0871. The van der Waals surface area contributed by atoms with E-state index in [1.165, 1.54) is 47.4 Å². The Morgan fingerprint density at radius 1 is 1.14 bits per heavy atom. The van der Waals surface area contributed by atoms with E-state index in [2.05, 4.69) is 5.32 Å². The molecule has 2 aromatic carbocycles. The Morgan fingerprint density at radius 2 is 1.86 bits per heavy atom. The lowest BCUT2D eigenvalue weighted by Gasteiger charge is -2.17. The molecule has 148 valence electrons. The molecule has 9 heteroatoms. The second kappa shape index (κ2) is 7.44. The van der Waals surface area contributed by atoms with Gasteiger partial charge >= 0.3 is 0 Å². The summed E-state index contributed by atoms with van der Waals surface area (Å²) in [6.07, 6.45) is 1.55. The van der Waals surface area contributed by atoms with Gasteiger partial charge in [0.2, 0.25) is 0 Å². The molecular formula is C20H17N3O6. The van der Waals surface area contributed by atoms with Gasteiger partial charge < -0.3 is 10.1 Å². The van der Waals surface area contributed by atoms with Gasteiger partial charge in [-0.05, 0) is 43.2 Å². The second-order valence-electron chi connectivity index (χ2n) is 6.87. The van der Waals surface area contributed by atoms with Crippen LogP contribution in [-0.4, -0.2) is 46.8 Å². The van der Waals surface area contributed by atoms with Crippen molar-refractivity contribution in [1.29, 1.82) is 0 Å². The average molecular weight is 395 g/mol. The standard InChI is InChI=1S/C20H17N3O6/c24-18(21-13-4-6-14(7-5-13)23(27)28)12-3-8-16-17(10-12)20(26)22(19(16)25)11-15-2-1-9-29-15/h3-8,10,15H,1-2,9,11H2,(H,21,24). The number of carbonyl (C=O) groups excluding carboxylic acids is 3. The summed E-state index contributed by atoms with van der Waals surface area (Å²) in [6.45, 7) is 0.831. The van der Waals surface area contributed by atoms with Crippen LogP contribution in [0.5, 0.6) is 0 Å². The van der Waals surface area contributed by atoms with Crippen molar-refractivity contribution < 1.29 is 24.0 Å². The zero-order valence-corrected chi connectivity index (χ0v) is 15.3. The number of hydrogen-bond acceptors (Lipinski definition) is 6. The van der Waals surface area contributed by atoms with Crippen LogP contribution in [0.4, 0.5) is 11.4 Å². The number of hydrogen-bond donors (Lipinski definition) is 1. The summed E-state index contributed by atoms with van der Waals surface area (Å²) < 4.78 is 5.51. The van der Waals surface area contributed by atoms with Gasteiger partial charge in [0.05, 0.1) is 28.7 Å². The van der Waals surface area contributed by atoms with Gasteiger partial charge in [-0.25, -0.2) is 0 Å². The molecule has 0 bridgehead atoms. The van der Waals surface area contributed by atoms with Crippen molar-refractivity contribution in [3.8, 4) is 0 Å². The predicted octanol–water partition coefficient (Wildman–Crippen LogP) is 2.62. The zero-order valence-electron chi connectivity index (χ0n) is 15.3. The molecule has 9 nitrogen and oxygen atoms in total. The molecule has 0 aliphatic carbocycles. The van der Waals surface area contributed by atoms with Gasteiger partial charge in [-0.1, -0.05) is 0 Å².